The van der Waals surface area contributed by atoms with E-state index in [0.717, 1.165) is 23.4 Å². The van der Waals surface area contributed by atoms with E-state index in [0.29, 0.717) is 0 Å². The third-order valence-electron chi connectivity index (χ3n) is 4.19. The summed E-state index contributed by atoms with van der Waals surface area (Å²) in [6.07, 6.45) is 5.56. The van der Waals surface area contributed by atoms with Crippen LogP contribution in [0.3, 0.4) is 0 Å². The van der Waals surface area contributed by atoms with Crippen LogP contribution in [0.5, 0.6) is 0 Å². The highest BCUT2D eigenvalue weighted by Crippen LogP contribution is 2.33. The van der Waals surface area contributed by atoms with E-state index in [-0.39, 0.29) is 29.1 Å². The summed E-state index contributed by atoms with van der Waals surface area (Å²) >= 11 is 1.51. The first-order valence-corrected chi connectivity index (χ1v) is 8.27. The molecule has 1 saturated carbocycles. The molecular weight excluding hydrogens is 298 g/mol. The molecule has 1 aliphatic carbocycles. The number of rotatable bonds is 4. The van der Waals surface area contributed by atoms with E-state index < -0.39 is 0 Å². The number of carbonyl (C=O) groups is 1. The second kappa shape index (κ2) is 5.68. The molecule has 116 valence electrons. The number of hydrogen-bond donors (Lipinski definition) is 0. The van der Waals surface area contributed by atoms with Crippen molar-refractivity contribution in [3.05, 3.63) is 50.3 Å². The van der Waals surface area contributed by atoms with Gasteiger partial charge in [-0.15, -0.1) is 11.3 Å². The van der Waals surface area contributed by atoms with E-state index in [1.807, 2.05) is 25.3 Å². The van der Waals surface area contributed by atoms with Crippen LogP contribution in [0.25, 0.3) is 0 Å². The fourth-order valence-corrected chi connectivity index (χ4v) is 3.24. The molecule has 5 nitrogen and oxygen atoms in total. The van der Waals surface area contributed by atoms with Crippen LogP contribution in [-0.2, 0) is 0 Å². The Balaban J connectivity index is 1.95. The van der Waals surface area contributed by atoms with E-state index in [1.165, 1.54) is 11.3 Å². The van der Waals surface area contributed by atoms with Crippen LogP contribution < -0.4 is 5.56 Å². The highest BCUT2D eigenvalue weighted by molar-refractivity contribution is 7.09. The average molecular weight is 317 g/mol. The first kappa shape index (κ1) is 15.0. The van der Waals surface area contributed by atoms with Crippen LogP contribution in [0.4, 0.5) is 0 Å². The Labute approximate surface area is 133 Å². The topological polar surface area (TPSA) is 55.2 Å². The maximum Gasteiger partial charge on any atom is 0.263 e. The minimum atomic E-state index is -0.236. The molecule has 3 rings (SSSR count). The summed E-state index contributed by atoms with van der Waals surface area (Å²) in [5, 5.41) is 2.75. The van der Waals surface area contributed by atoms with Gasteiger partial charge in [-0.1, -0.05) is 0 Å². The highest BCUT2D eigenvalue weighted by Gasteiger charge is 2.29. The quantitative estimate of drug-likeness (QED) is 0.871. The van der Waals surface area contributed by atoms with Crippen molar-refractivity contribution in [2.45, 2.75) is 38.8 Å². The number of carbonyl (C=O) groups excluding carboxylic acids is 1. The molecular formula is C16H19N3O2S. The van der Waals surface area contributed by atoms with Crippen LogP contribution in [0.15, 0.2) is 28.6 Å². The molecule has 1 aliphatic rings. The lowest BCUT2D eigenvalue weighted by atomic mass is 10.1. The van der Waals surface area contributed by atoms with Gasteiger partial charge >= 0.3 is 0 Å². The molecule has 0 aliphatic heterocycles. The van der Waals surface area contributed by atoms with Crippen molar-refractivity contribution in [2.24, 2.45) is 0 Å². The normalized spacial score (nSPS) is 15.6. The molecule has 1 atom stereocenters. The smallest absolute Gasteiger partial charge is 0.263 e. The van der Waals surface area contributed by atoms with Crippen LogP contribution in [0.1, 0.15) is 52.8 Å². The third kappa shape index (κ3) is 2.59. The van der Waals surface area contributed by atoms with Gasteiger partial charge in [-0.25, -0.2) is 4.98 Å². The fourth-order valence-electron chi connectivity index (χ4n) is 2.50. The number of aryl methyl sites for hydroxylation is 1. The molecule has 0 aromatic carbocycles. The Bertz CT molecular complexity index is 747. The summed E-state index contributed by atoms with van der Waals surface area (Å²) in [5.74, 6) is -0.236. The van der Waals surface area contributed by atoms with E-state index in [1.54, 1.807) is 28.9 Å². The van der Waals surface area contributed by atoms with Crippen molar-refractivity contribution in [1.82, 2.24) is 14.5 Å². The molecule has 2 heterocycles. The van der Waals surface area contributed by atoms with Crippen molar-refractivity contribution in [2.75, 3.05) is 7.05 Å². The number of aromatic nitrogens is 2. The van der Waals surface area contributed by atoms with Crippen molar-refractivity contribution < 1.29 is 4.79 Å². The summed E-state index contributed by atoms with van der Waals surface area (Å²) in [6.45, 7) is 3.74. The van der Waals surface area contributed by atoms with Gasteiger partial charge in [-0.05, 0) is 38.3 Å². The van der Waals surface area contributed by atoms with E-state index >= 15 is 0 Å². The molecule has 1 fully saturated rings. The fraction of sp³-hybridized carbons (Fsp3) is 0.438. The first-order chi connectivity index (χ1) is 10.5. The monoisotopic (exact) mass is 317 g/mol. The molecule has 0 bridgehead atoms. The molecule has 0 radical (unpaired) electrons. The predicted octanol–water partition coefficient (Wildman–Crippen LogP) is 2.78. The second-order valence-electron chi connectivity index (χ2n) is 5.78. The highest BCUT2D eigenvalue weighted by atomic mass is 32.1. The Morgan fingerprint density at radius 1 is 1.50 bits per heavy atom. The van der Waals surface area contributed by atoms with E-state index in [2.05, 4.69) is 4.98 Å². The summed E-state index contributed by atoms with van der Waals surface area (Å²) in [5.41, 5.74) is 0.830. The van der Waals surface area contributed by atoms with Crippen molar-refractivity contribution >= 4 is 17.2 Å². The lowest BCUT2D eigenvalue weighted by molar-refractivity contribution is 0.0739. The first-order valence-electron chi connectivity index (χ1n) is 7.39. The van der Waals surface area contributed by atoms with Gasteiger partial charge in [0, 0.05) is 30.9 Å². The van der Waals surface area contributed by atoms with Crippen molar-refractivity contribution in [3.8, 4) is 0 Å². The lowest BCUT2D eigenvalue weighted by Crippen LogP contribution is -2.36. The van der Waals surface area contributed by atoms with Gasteiger partial charge < -0.3 is 9.47 Å². The lowest BCUT2D eigenvalue weighted by Gasteiger charge is -2.24. The zero-order valence-electron chi connectivity index (χ0n) is 12.9. The summed E-state index contributed by atoms with van der Waals surface area (Å²) in [7, 11) is 1.72. The van der Waals surface area contributed by atoms with E-state index in [9.17, 15) is 9.59 Å². The summed E-state index contributed by atoms with van der Waals surface area (Å²) in [6, 6.07) is 1.97. The van der Waals surface area contributed by atoms with Gasteiger partial charge in [0.25, 0.3) is 11.5 Å². The van der Waals surface area contributed by atoms with Crippen molar-refractivity contribution in [1.29, 1.82) is 0 Å². The third-order valence-corrected chi connectivity index (χ3v) is 5.14. The average Bonchev–Trinajstić information content (AvgIpc) is 3.19. The molecule has 22 heavy (non-hydrogen) atoms. The Morgan fingerprint density at radius 3 is 2.82 bits per heavy atom. The van der Waals surface area contributed by atoms with E-state index in [4.69, 9.17) is 0 Å². The standard InChI is InChI=1S/C16H19N3O2S/c1-10-6-8-19(12-4-5-12)16(21)13(10)15(20)18(3)11(2)14-17-7-9-22-14/h6-9,11-12H,4-5H2,1-3H3. The summed E-state index contributed by atoms with van der Waals surface area (Å²) < 4.78 is 1.70. The van der Waals surface area contributed by atoms with Gasteiger partial charge in [0.15, 0.2) is 0 Å². The molecule has 0 N–H and O–H groups in total. The van der Waals surface area contributed by atoms with Gasteiger partial charge in [0.05, 0.1) is 6.04 Å². The Kier molecular flexibility index (Phi) is 3.87. The van der Waals surface area contributed by atoms with Gasteiger partial charge in [0.1, 0.15) is 10.6 Å². The predicted molar refractivity (Wildman–Crippen MR) is 86.3 cm³/mol. The van der Waals surface area contributed by atoms with Crippen molar-refractivity contribution in [3.63, 3.8) is 0 Å². The Hall–Kier alpha value is -1.95. The number of thiazole rings is 1. The summed E-state index contributed by atoms with van der Waals surface area (Å²) in [4.78, 5) is 31.3. The maximum atomic E-state index is 12.8. The molecule has 1 unspecified atom stereocenters. The number of nitrogens with zero attached hydrogens (tertiary/aromatic N) is 3. The molecule has 0 spiro atoms. The van der Waals surface area contributed by atoms with Crippen LogP contribution >= 0.6 is 11.3 Å². The molecule has 2 aromatic heterocycles. The number of amides is 1. The Morgan fingerprint density at radius 2 is 2.23 bits per heavy atom. The largest absolute Gasteiger partial charge is 0.332 e. The number of pyridine rings is 1. The number of hydrogen-bond acceptors (Lipinski definition) is 4. The van der Waals surface area contributed by atoms with Gasteiger partial charge in [-0.2, -0.15) is 0 Å². The molecule has 0 saturated heterocycles. The minimum absolute atomic E-state index is 0.152. The second-order valence-corrected chi connectivity index (χ2v) is 6.71. The molecule has 6 heteroatoms. The SMILES string of the molecule is Cc1ccn(C2CC2)c(=O)c1C(=O)N(C)C(C)c1nccs1. The minimum Gasteiger partial charge on any atom is -0.332 e. The van der Waals surface area contributed by atoms with Crippen LogP contribution in [0, 0.1) is 6.92 Å². The molecule has 1 amide bonds. The van der Waals surface area contributed by atoms with Crippen LogP contribution in [0.2, 0.25) is 0 Å². The maximum absolute atomic E-state index is 12.8. The van der Waals surface area contributed by atoms with Gasteiger partial charge in [0.2, 0.25) is 0 Å². The zero-order chi connectivity index (χ0) is 15.9. The van der Waals surface area contributed by atoms with Crippen LogP contribution in [-0.4, -0.2) is 27.4 Å². The zero-order valence-corrected chi connectivity index (χ0v) is 13.8. The van der Waals surface area contributed by atoms with Gasteiger partial charge in [-0.3, -0.25) is 9.59 Å². The molecule has 2 aromatic rings.